The minimum atomic E-state index is -0.0580. The number of nitrogens with zero attached hydrogens (tertiary/aromatic N) is 2. The van der Waals surface area contributed by atoms with E-state index in [2.05, 4.69) is 20.8 Å². The van der Waals surface area contributed by atoms with Gasteiger partial charge in [0.25, 0.3) is 5.91 Å². The molecule has 1 amide bonds. The monoisotopic (exact) mass is 328 g/mol. The van der Waals surface area contributed by atoms with Crippen molar-refractivity contribution in [2.45, 2.75) is 44.6 Å². The maximum atomic E-state index is 12.2. The van der Waals surface area contributed by atoms with Gasteiger partial charge in [0.15, 0.2) is 0 Å². The van der Waals surface area contributed by atoms with Gasteiger partial charge in [-0.1, -0.05) is 43.0 Å². The fourth-order valence-electron chi connectivity index (χ4n) is 3.11. The minimum absolute atomic E-state index is 0.0580. The first kappa shape index (κ1) is 16.6. The molecule has 2 N–H and O–H groups in total. The number of nitrogens with one attached hydrogen (secondary N) is 2. The third-order valence-corrected chi connectivity index (χ3v) is 4.47. The summed E-state index contributed by atoms with van der Waals surface area (Å²) in [6.07, 6.45) is 9.14. The van der Waals surface area contributed by atoms with Crippen molar-refractivity contribution in [1.82, 2.24) is 20.8 Å². The lowest BCUT2D eigenvalue weighted by atomic mass is 10.1. The summed E-state index contributed by atoms with van der Waals surface area (Å²) < 4.78 is 4.72. The Morgan fingerprint density at radius 3 is 2.50 bits per heavy atom. The lowest BCUT2D eigenvalue weighted by Crippen LogP contribution is -2.36. The number of hydrogen-bond donors (Lipinski definition) is 2. The highest BCUT2D eigenvalue weighted by atomic mass is 16.5. The van der Waals surface area contributed by atoms with E-state index in [1.54, 1.807) is 12.1 Å². The van der Waals surface area contributed by atoms with E-state index in [9.17, 15) is 4.79 Å². The van der Waals surface area contributed by atoms with Crippen LogP contribution < -0.4 is 10.6 Å². The summed E-state index contributed by atoms with van der Waals surface area (Å²) in [6, 6.07) is 7.81. The van der Waals surface area contributed by atoms with Crippen LogP contribution in [0.1, 0.15) is 48.9 Å². The van der Waals surface area contributed by atoms with Gasteiger partial charge >= 0.3 is 0 Å². The summed E-state index contributed by atoms with van der Waals surface area (Å²) >= 11 is 0. The number of carbonyl (C=O) groups excluding carboxylic acids is 1. The van der Waals surface area contributed by atoms with Crippen molar-refractivity contribution < 1.29 is 9.32 Å². The van der Waals surface area contributed by atoms with Crippen LogP contribution in [0, 0.1) is 0 Å². The Bertz CT molecular complexity index is 617. The molecule has 0 atom stereocenters. The predicted molar refractivity (Wildman–Crippen MR) is 91.6 cm³/mol. The SMILES string of the molecule is O=C(NCCNC1CCCCCC1)c1ccc(-c2ncon2)cc1. The zero-order valence-electron chi connectivity index (χ0n) is 13.8. The number of aromatic nitrogens is 2. The molecule has 24 heavy (non-hydrogen) atoms. The number of benzene rings is 1. The van der Waals surface area contributed by atoms with E-state index in [0.717, 1.165) is 12.1 Å². The van der Waals surface area contributed by atoms with Crippen molar-refractivity contribution in [2.75, 3.05) is 13.1 Å². The van der Waals surface area contributed by atoms with Crippen molar-refractivity contribution in [2.24, 2.45) is 0 Å². The largest absolute Gasteiger partial charge is 0.351 e. The van der Waals surface area contributed by atoms with Crippen molar-refractivity contribution >= 4 is 5.91 Å². The average Bonchev–Trinajstić information content (AvgIpc) is 3.03. The predicted octanol–water partition coefficient (Wildman–Crippen LogP) is 2.78. The van der Waals surface area contributed by atoms with E-state index in [-0.39, 0.29) is 5.91 Å². The molecule has 128 valence electrons. The molecule has 0 radical (unpaired) electrons. The van der Waals surface area contributed by atoms with E-state index in [1.165, 1.54) is 44.9 Å². The summed E-state index contributed by atoms with van der Waals surface area (Å²) in [4.78, 5) is 16.1. The molecule has 1 aromatic carbocycles. The standard InChI is InChI=1S/C18H24N4O2/c23-18(20-12-11-19-16-5-3-1-2-4-6-16)15-9-7-14(8-10-15)17-21-13-24-22-17/h7-10,13,16,19H,1-6,11-12H2,(H,20,23). The van der Waals surface area contributed by atoms with Crippen LogP contribution in [0.4, 0.5) is 0 Å². The second-order valence-corrected chi connectivity index (χ2v) is 6.23. The Morgan fingerprint density at radius 1 is 1.08 bits per heavy atom. The zero-order valence-corrected chi connectivity index (χ0v) is 13.8. The number of carbonyl (C=O) groups is 1. The molecule has 3 rings (SSSR count). The van der Waals surface area contributed by atoms with Crippen molar-refractivity contribution in [3.63, 3.8) is 0 Å². The Balaban J connectivity index is 1.41. The summed E-state index contributed by atoms with van der Waals surface area (Å²) in [5.41, 5.74) is 1.46. The molecule has 1 fully saturated rings. The molecule has 0 unspecified atom stereocenters. The molecule has 0 saturated heterocycles. The van der Waals surface area contributed by atoms with Crippen LogP contribution in [0.5, 0.6) is 0 Å². The smallest absolute Gasteiger partial charge is 0.251 e. The van der Waals surface area contributed by atoms with Gasteiger partial charge in [-0.15, -0.1) is 0 Å². The number of amides is 1. The lowest BCUT2D eigenvalue weighted by Gasteiger charge is -2.16. The molecule has 0 aliphatic heterocycles. The molecular weight excluding hydrogens is 304 g/mol. The van der Waals surface area contributed by atoms with E-state index >= 15 is 0 Å². The van der Waals surface area contributed by atoms with Gasteiger partial charge in [0.1, 0.15) is 0 Å². The molecule has 1 aromatic heterocycles. The molecule has 1 aliphatic rings. The van der Waals surface area contributed by atoms with Crippen molar-refractivity contribution in [3.8, 4) is 11.4 Å². The summed E-state index contributed by atoms with van der Waals surface area (Å²) in [5, 5.41) is 10.3. The molecule has 6 nitrogen and oxygen atoms in total. The van der Waals surface area contributed by atoms with Gasteiger partial charge in [-0.3, -0.25) is 4.79 Å². The van der Waals surface area contributed by atoms with Crippen molar-refractivity contribution in [3.05, 3.63) is 36.2 Å². The first-order chi connectivity index (χ1) is 11.8. The Hall–Kier alpha value is -2.21. The highest BCUT2D eigenvalue weighted by Crippen LogP contribution is 2.17. The van der Waals surface area contributed by atoms with Crippen LogP contribution in [-0.4, -0.2) is 35.2 Å². The Morgan fingerprint density at radius 2 is 1.83 bits per heavy atom. The first-order valence-corrected chi connectivity index (χ1v) is 8.71. The molecule has 0 spiro atoms. The van der Waals surface area contributed by atoms with Crippen LogP contribution in [0.25, 0.3) is 11.4 Å². The zero-order chi connectivity index (χ0) is 16.6. The molecule has 1 heterocycles. The normalized spacial score (nSPS) is 15.8. The molecular formula is C18H24N4O2. The average molecular weight is 328 g/mol. The van der Waals surface area contributed by atoms with E-state index in [0.29, 0.717) is 24.0 Å². The van der Waals surface area contributed by atoms with E-state index in [4.69, 9.17) is 4.52 Å². The maximum absolute atomic E-state index is 12.2. The molecule has 1 aliphatic carbocycles. The summed E-state index contributed by atoms with van der Waals surface area (Å²) in [6.45, 7) is 1.46. The van der Waals surface area contributed by atoms with Crippen LogP contribution in [0.15, 0.2) is 35.2 Å². The molecule has 2 aromatic rings. The number of rotatable bonds is 6. The van der Waals surface area contributed by atoms with Gasteiger partial charge in [-0.25, -0.2) is 0 Å². The molecule has 1 saturated carbocycles. The van der Waals surface area contributed by atoms with E-state index in [1.807, 2.05) is 12.1 Å². The van der Waals surface area contributed by atoms with Crippen LogP contribution in [0.2, 0.25) is 0 Å². The van der Waals surface area contributed by atoms with Crippen LogP contribution in [0.3, 0.4) is 0 Å². The topological polar surface area (TPSA) is 80.0 Å². The Kier molecular flexibility index (Phi) is 5.96. The third-order valence-electron chi connectivity index (χ3n) is 4.47. The number of hydrogen-bond acceptors (Lipinski definition) is 5. The van der Waals surface area contributed by atoms with Gasteiger partial charge in [0.05, 0.1) is 0 Å². The van der Waals surface area contributed by atoms with Gasteiger partial charge < -0.3 is 15.2 Å². The first-order valence-electron chi connectivity index (χ1n) is 8.71. The molecule has 0 bridgehead atoms. The lowest BCUT2D eigenvalue weighted by molar-refractivity contribution is 0.0953. The van der Waals surface area contributed by atoms with Gasteiger partial charge in [-0.05, 0) is 25.0 Å². The van der Waals surface area contributed by atoms with Crippen LogP contribution in [-0.2, 0) is 0 Å². The highest BCUT2D eigenvalue weighted by molar-refractivity contribution is 5.94. The van der Waals surface area contributed by atoms with Crippen LogP contribution >= 0.6 is 0 Å². The van der Waals surface area contributed by atoms with E-state index < -0.39 is 0 Å². The minimum Gasteiger partial charge on any atom is -0.351 e. The van der Waals surface area contributed by atoms with Gasteiger partial charge in [0.2, 0.25) is 12.2 Å². The second kappa shape index (κ2) is 8.59. The maximum Gasteiger partial charge on any atom is 0.251 e. The van der Waals surface area contributed by atoms with Crippen molar-refractivity contribution in [1.29, 1.82) is 0 Å². The third kappa shape index (κ3) is 4.64. The molecule has 6 heteroatoms. The fourth-order valence-corrected chi connectivity index (χ4v) is 3.11. The second-order valence-electron chi connectivity index (χ2n) is 6.23. The van der Waals surface area contributed by atoms with Gasteiger partial charge in [-0.2, -0.15) is 4.98 Å². The fraction of sp³-hybridized carbons (Fsp3) is 0.500. The quantitative estimate of drug-likeness (QED) is 0.629. The Labute approximate surface area is 142 Å². The van der Waals surface area contributed by atoms with Gasteiger partial charge in [0, 0.05) is 30.3 Å². The highest BCUT2D eigenvalue weighted by Gasteiger charge is 2.11. The summed E-state index contributed by atoms with van der Waals surface area (Å²) in [7, 11) is 0. The summed E-state index contributed by atoms with van der Waals surface area (Å²) in [5.74, 6) is 0.465.